The first-order valence-electron chi connectivity index (χ1n) is 43.8. The molecule has 1 radical (unpaired) electrons. The van der Waals surface area contributed by atoms with E-state index in [9.17, 15) is 146 Å². The third-order valence-corrected chi connectivity index (χ3v) is 23.4. The molecule has 0 heterocycles. The van der Waals surface area contributed by atoms with Crippen LogP contribution in [0.15, 0.2) is 182 Å². The maximum absolute atomic E-state index is 13.2. The number of benzene rings is 6. The predicted octanol–water partition coefficient (Wildman–Crippen LogP) is 0.119. The molecule has 0 aliphatic carbocycles. The second-order valence-electron chi connectivity index (χ2n) is 32.5. The van der Waals surface area contributed by atoms with Crippen LogP contribution in [0.5, 0.6) is 0 Å². The van der Waals surface area contributed by atoms with Gasteiger partial charge in [0.1, 0.15) is 0 Å². The van der Waals surface area contributed by atoms with Crippen LogP contribution in [0.1, 0.15) is 33.4 Å². The molecular formula is C90H117GdN9O42P3. The van der Waals surface area contributed by atoms with Gasteiger partial charge in [0.05, 0.1) is 136 Å². The molecule has 51 nitrogen and oxygen atoms in total. The Hall–Kier alpha value is -11.3. The van der Waals surface area contributed by atoms with Gasteiger partial charge in [-0.1, -0.05) is 182 Å². The molecular weight excluding hydrogens is 2130 g/mol. The van der Waals surface area contributed by atoms with Crippen LogP contribution < -0.4 is 14.7 Å². The Balaban J connectivity index is 0.000000557. The summed E-state index contributed by atoms with van der Waals surface area (Å²) in [5, 5.41) is 140. The summed E-state index contributed by atoms with van der Waals surface area (Å²) in [7, 11) is -15.5. The van der Waals surface area contributed by atoms with Crippen molar-refractivity contribution >= 4 is 113 Å². The van der Waals surface area contributed by atoms with E-state index in [0.717, 1.165) is 77.5 Å². The third kappa shape index (κ3) is 61.0. The van der Waals surface area contributed by atoms with Gasteiger partial charge in [-0.15, -0.1) is 0 Å². The van der Waals surface area contributed by atoms with E-state index in [1.165, 1.54) is 0 Å². The van der Waals surface area contributed by atoms with Crippen molar-refractivity contribution in [1.82, 2.24) is 44.1 Å². The van der Waals surface area contributed by atoms with Gasteiger partial charge in [-0.2, -0.15) is 0 Å². The van der Waals surface area contributed by atoms with E-state index in [0.29, 0.717) is 0 Å². The Labute approximate surface area is 863 Å². The second kappa shape index (κ2) is 68.2. The van der Waals surface area contributed by atoms with Gasteiger partial charge in [0.25, 0.3) is 23.5 Å². The van der Waals surface area contributed by atoms with E-state index >= 15 is 0 Å². The van der Waals surface area contributed by atoms with Crippen LogP contribution in [0.25, 0.3) is 0 Å². The number of phosphoric acid groups is 3. The largest absolute Gasteiger partial charge is 3.00 e. The maximum Gasteiger partial charge on any atom is 3.00 e. The summed E-state index contributed by atoms with van der Waals surface area (Å²) in [5.41, 5.74) is 4.64. The zero-order valence-corrected chi connectivity index (χ0v) is 83.0. The zero-order valence-electron chi connectivity index (χ0n) is 78.1. The van der Waals surface area contributed by atoms with Crippen molar-refractivity contribution in [2.75, 3.05) is 177 Å². The molecule has 0 bridgehead atoms. The van der Waals surface area contributed by atoms with Crippen molar-refractivity contribution in [3.05, 3.63) is 215 Å². The molecule has 0 amide bonds. The number of carboxylic acids is 15. The third-order valence-electron chi connectivity index (χ3n) is 20.4. The number of aliphatic carboxylic acids is 15. The fraction of sp³-hybridized carbons (Fsp3) is 0.433. The first-order chi connectivity index (χ1) is 67.8. The molecule has 0 aliphatic rings. The monoisotopic (exact) mass is 2250 g/mol. The van der Waals surface area contributed by atoms with Crippen LogP contribution in [0.4, 0.5) is 0 Å². The van der Waals surface area contributed by atoms with Crippen molar-refractivity contribution in [2.24, 2.45) is 0 Å². The molecule has 6 aromatic rings. The van der Waals surface area contributed by atoms with Gasteiger partial charge in [-0.3, -0.25) is 130 Å². The summed E-state index contributed by atoms with van der Waals surface area (Å²) in [6.45, 7) is -17.1. The average molecular weight is 2250 g/mol. The van der Waals surface area contributed by atoms with Crippen LogP contribution in [-0.2, 0) is 151 Å². The second-order valence-corrected chi connectivity index (χ2v) is 36.6. The van der Waals surface area contributed by atoms with E-state index in [4.69, 9.17) is 57.8 Å². The Bertz CT molecular complexity index is 4480. The van der Waals surface area contributed by atoms with Gasteiger partial charge in [0, 0.05) is 77.0 Å². The fourth-order valence-corrected chi connectivity index (χ4v) is 17.3. The summed E-state index contributed by atoms with van der Waals surface area (Å²) in [4.78, 5) is 221. The maximum atomic E-state index is 13.2. The molecule has 0 aromatic heterocycles. The number of nitrogens with zero attached hydrogens (tertiary/aromatic N) is 9. The van der Waals surface area contributed by atoms with Gasteiger partial charge >= 0.3 is 129 Å². The van der Waals surface area contributed by atoms with E-state index in [1.54, 1.807) is 182 Å². The Morgan fingerprint density at radius 2 is 0.352 bits per heavy atom. The normalized spacial score (nSPS) is 13.3. The van der Waals surface area contributed by atoms with Crippen LogP contribution in [0.2, 0.25) is 0 Å². The number of hydrogen-bond donors (Lipinski definition) is 15. The molecule has 0 spiro atoms. The molecule has 0 fully saturated rings. The van der Waals surface area contributed by atoms with Gasteiger partial charge in [0.15, 0.2) is 0 Å². The molecule has 6 rings (SSSR count). The predicted molar refractivity (Wildman–Crippen MR) is 495 cm³/mol. The van der Waals surface area contributed by atoms with Crippen LogP contribution in [0, 0.1) is 39.9 Å². The van der Waals surface area contributed by atoms with Gasteiger partial charge in [-0.05, 0) is 71.9 Å². The van der Waals surface area contributed by atoms with Crippen molar-refractivity contribution in [3.63, 3.8) is 0 Å². The Kier molecular flexibility index (Phi) is 60.1. The topological polar surface area (TPSA) is 764 Å². The van der Waals surface area contributed by atoms with Gasteiger partial charge in [-0.25, -0.2) is 0 Å². The fourth-order valence-electron chi connectivity index (χ4n) is 14.5. The molecule has 0 aliphatic heterocycles. The van der Waals surface area contributed by atoms with Crippen molar-refractivity contribution < 1.29 is 244 Å². The number of hydrogen-bond acceptors (Lipinski definition) is 36. The van der Waals surface area contributed by atoms with Crippen LogP contribution in [0.3, 0.4) is 0 Å². The van der Waals surface area contributed by atoms with E-state index in [2.05, 4.69) is 0 Å². The van der Waals surface area contributed by atoms with Crippen molar-refractivity contribution in [1.29, 1.82) is 0 Å². The minimum absolute atomic E-state index is 0. The van der Waals surface area contributed by atoms with E-state index in [-0.39, 0.29) is 118 Å². The minimum atomic E-state index is -5.16. The smallest absolute Gasteiger partial charge is 0.756 e. The van der Waals surface area contributed by atoms with E-state index < -0.39 is 287 Å². The molecule has 145 heavy (non-hydrogen) atoms. The zero-order chi connectivity index (χ0) is 107. The number of phosphoric ester groups is 3. The van der Waals surface area contributed by atoms with Gasteiger partial charge in [0.2, 0.25) is 0 Å². The summed E-state index contributed by atoms with van der Waals surface area (Å²) in [6.07, 6.45) is -1.73. The summed E-state index contributed by atoms with van der Waals surface area (Å²) >= 11 is 0. The Morgan fingerprint density at radius 1 is 0.221 bits per heavy atom. The minimum Gasteiger partial charge on any atom is -0.756 e. The summed E-state index contributed by atoms with van der Waals surface area (Å²) < 4.78 is 71.5. The number of rotatable bonds is 75. The van der Waals surface area contributed by atoms with Crippen LogP contribution >= 0.6 is 23.5 Å². The number of carboxylic acid groups (broad SMARTS) is 15. The number of carbonyl (C=O) groups is 15. The molecule has 0 saturated carbocycles. The average Bonchev–Trinajstić information content (AvgIpc) is 0.850. The first kappa shape index (κ1) is 128. The van der Waals surface area contributed by atoms with Crippen molar-refractivity contribution in [2.45, 2.75) is 75.0 Å². The quantitative estimate of drug-likeness (QED) is 0.0225. The summed E-state index contributed by atoms with van der Waals surface area (Å²) in [5.74, 6) is -21.0. The molecule has 0 saturated heterocycles. The molecule has 797 valence electrons. The van der Waals surface area contributed by atoms with Crippen LogP contribution in [-0.4, -0.2) is 424 Å². The van der Waals surface area contributed by atoms with E-state index in [1.807, 2.05) is 0 Å². The van der Waals surface area contributed by atoms with Gasteiger partial charge < -0.3 is 118 Å². The standard InChI is InChI=1S/3C30H40N3O14P.Gd/c3*34-26(35)16-31(11-12-32(17-27(36)37)18-28(38)39)15-24(33(19-29(40)41)20-30(42)43)21-46-48(44,45)47-25(13-22-7-3-1-4-8-22)14-23-9-5-2-6-10-23;/h3*1-10,24-25H,11-21H2,(H,34,35)(H,36,37)(H,38,39)(H,40,41)(H,42,43)(H,44,45);/q;;;+3/p-3. The first-order valence-corrected chi connectivity index (χ1v) is 48.2. The molecule has 6 aromatic carbocycles. The molecule has 6 unspecified atom stereocenters. The SMILES string of the molecule is O=C(O)CN(CCN(CC(=O)O)CC(COP(=O)([O-])OC(Cc1ccccc1)Cc1ccccc1)N(CC(=O)O)CC(=O)O)CC(=O)O.O=C(O)CN(CCN(CC(=O)O)CC(COP(=O)([O-])OC(Cc1ccccc1)Cc1ccccc1)N(CC(=O)O)CC(=O)O)CC(=O)O.O=C(O)CN(CCN(CC(=O)O)CC(COP(=O)([O-])OC(Cc1ccccc1)Cc1ccccc1)N(CC(=O)O)CC(=O)O)CC(=O)O.[Gd+3]. The summed E-state index contributed by atoms with van der Waals surface area (Å²) in [6, 6.07) is 49.5. The Morgan fingerprint density at radius 3 is 0.490 bits per heavy atom. The molecule has 15 N–H and O–H groups in total. The molecule has 6 atom stereocenters. The van der Waals surface area contributed by atoms with Crippen molar-refractivity contribution in [3.8, 4) is 0 Å². The molecule has 55 heteroatoms.